The van der Waals surface area contributed by atoms with Crippen LogP contribution in [0.2, 0.25) is 0 Å². The van der Waals surface area contributed by atoms with Crippen LogP contribution in [0.15, 0.2) is 35.7 Å². The van der Waals surface area contributed by atoms with Gasteiger partial charge in [-0.1, -0.05) is 6.07 Å². The molecule has 0 aliphatic carbocycles. The first kappa shape index (κ1) is 15.1. The highest BCUT2D eigenvalue weighted by molar-refractivity contribution is 7.10. The van der Waals surface area contributed by atoms with Gasteiger partial charge in [0, 0.05) is 24.6 Å². The van der Waals surface area contributed by atoms with Crippen LogP contribution >= 0.6 is 11.3 Å². The molecule has 1 aliphatic rings. The highest BCUT2D eigenvalue weighted by Gasteiger charge is 2.32. The van der Waals surface area contributed by atoms with E-state index in [1.807, 2.05) is 11.4 Å². The molecule has 1 saturated heterocycles. The van der Waals surface area contributed by atoms with Gasteiger partial charge in [-0.05, 0) is 23.6 Å². The Morgan fingerprint density at radius 2 is 2.18 bits per heavy atom. The fraction of sp³-hybridized carbons (Fsp3) is 0.312. The van der Waals surface area contributed by atoms with Crippen LogP contribution < -0.4 is 10.2 Å². The third kappa shape index (κ3) is 3.34. The Hall–Kier alpha value is -1.79. The predicted molar refractivity (Wildman–Crippen MR) is 82.0 cm³/mol. The largest absolute Gasteiger partial charge is 0.321 e. The van der Waals surface area contributed by atoms with Crippen LogP contribution in [0.25, 0.3) is 0 Å². The second-order valence-electron chi connectivity index (χ2n) is 5.47. The molecule has 1 aromatic heterocycles. The average Bonchev–Trinajstić information content (AvgIpc) is 3.13. The number of hydrogen-bond acceptors (Lipinski definition) is 2. The van der Waals surface area contributed by atoms with Crippen molar-refractivity contribution in [3.63, 3.8) is 0 Å². The Bertz CT molecular complexity index is 660. The lowest BCUT2D eigenvalue weighted by molar-refractivity contribution is -0.910. The van der Waals surface area contributed by atoms with Crippen molar-refractivity contribution in [2.75, 3.05) is 18.4 Å². The lowest BCUT2D eigenvalue weighted by atomic mass is 10.2. The summed E-state index contributed by atoms with van der Waals surface area (Å²) in [7, 11) is 0. The molecule has 0 bridgehead atoms. The first-order valence-corrected chi connectivity index (χ1v) is 8.14. The van der Waals surface area contributed by atoms with Crippen LogP contribution in [0, 0.1) is 11.6 Å². The van der Waals surface area contributed by atoms with E-state index in [9.17, 15) is 13.6 Å². The monoisotopic (exact) mass is 323 g/mol. The number of carbonyl (C=O) groups is 1. The van der Waals surface area contributed by atoms with E-state index in [-0.39, 0.29) is 11.6 Å². The van der Waals surface area contributed by atoms with Gasteiger partial charge in [-0.15, -0.1) is 11.3 Å². The fourth-order valence-corrected chi connectivity index (χ4v) is 3.86. The molecule has 1 fully saturated rings. The van der Waals surface area contributed by atoms with E-state index in [4.69, 9.17) is 0 Å². The van der Waals surface area contributed by atoms with Gasteiger partial charge in [0.2, 0.25) is 0 Å². The van der Waals surface area contributed by atoms with Crippen LogP contribution in [0.4, 0.5) is 14.5 Å². The van der Waals surface area contributed by atoms with E-state index >= 15 is 0 Å². The molecule has 2 heterocycles. The highest BCUT2D eigenvalue weighted by atomic mass is 32.1. The summed E-state index contributed by atoms with van der Waals surface area (Å²) in [5, 5.41) is 4.69. The molecule has 1 unspecified atom stereocenters. The number of nitrogens with one attached hydrogen (secondary N) is 2. The van der Waals surface area contributed by atoms with Gasteiger partial charge >= 0.3 is 0 Å². The molecule has 22 heavy (non-hydrogen) atoms. The summed E-state index contributed by atoms with van der Waals surface area (Å²) in [6, 6.07) is 7.87. The molecule has 0 saturated carbocycles. The summed E-state index contributed by atoms with van der Waals surface area (Å²) < 4.78 is 26.0. The maximum absolute atomic E-state index is 13.2. The van der Waals surface area contributed by atoms with E-state index in [2.05, 4.69) is 11.4 Å². The maximum Gasteiger partial charge on any atom is 0.279 e. The molecule has 0 spiro atoms. The third-order valence-electron chi connectivity index (χ3n) is 3.96. The number of benzene rings is 1. The molecule has 1 aliphatic heterocycles. The molecule has 2 N–H and O–H groups in total. The van der Waals surface area contributed by atoms with Crippen molar-refractivity contribution in [3.05, 3.63) is 52.2 Å². The number of likely N-dealkylation sites (tertiary alicyclic amines) is 1. The second kappa shape index (κ2) is 6.54. The minimum Gasteiger partial charge on any atom is -0.321 e. The fourth-order valence-electron chi connectivity index (χ4n) is 2.94. The summed E-state index contributed by atoms with van der Waals surface area (Å²) in [5.74, 6) is -2.05. The first-order valence-electron chi connectivity index (χ1n) is 7.26. The third-order valence-corrected chi connectivity index (χ3v) is 4.95. The van der Waals surface area contributed by atoms with Crippen molar-refractivity contribution in [3.8, 4) is 0 Å². The normalized spacial score (nSPS) is 21.0. The first-order chi connectivity index (χ1) is 10.6. The van der Waals surface area contributed by atoms with E-state index in [0.717, 1.165) is 31.5 Å². The van der Waals surface area contributed by atoms with Crippen molar-refractivity contribution in [1.29, 1.82) is 0 Å². The maximum atomic E-state index is 13.2. The molecule has 116 valence electrons. The zero-order chi connectivity index (χ0) is 15.5. The number of carbonyl (C=O) groups excluding carboxylic acids is 1. The highest BCUT2D eigenvalue weighted by Crippen LogP contribution is 2.23. The van der Waals surface area contributed by atoms with E-state index < -0.39 is 11.6 Å². The Morgan fingerprint density at radius 1 is 1.32 bits per heavy atom. The van der Waals surface area contributed by atoms with Gasteiger partial charge < -0.3 is 10.2 Å². The lowest BCUT2D eigenvalue weighted by Gasteiger charge is -2.20. The number of thiophene rings is 1. The van der Waals surface area contributed by atoms with Crippen LogP contribution in [0.3, 0.4) is 0 Å². The molecule has 3 nitrogen and oxygen atoms in total. The summed E-state index contributed by atoms with van der Waals surface area (Å²) >= 11 is 1.71. The Morgan fingerprint density at radius 3 is 2.91 bits per heavy atom. The van der Waals surface area contributed by atoms with Gasteiger partial charge in [0.05, 0.1) is 11.4 Å². The van der Waals surface area contributed by atoms with Crippen molar-refractivity contribution < 1.29 is 18.5 Å². The van der Waals surface area contributed by atoms with E-state index in [0.29, 0.717) is 12.6 Å². The van der Waals surface area contributed by atoms with Gasteiger partial charge in [-0.2, -0.15) is 0 Å². The molecule has 1 amide bonds. The van der Waals surface area contributed by atoms with Crippen LogP contribution in [-0.4, -0.2) is 19.0 Å². The molecular formula is C16H17F2N2OS+. The Kier molecular flexibility index (Phi) is 4.49. The molecular weight excluding hydrogens is 306 g/mol. The van der Waals surface area contributed by atoms with E-state index in [1.165, 1.54) is 15.8 Å². The van der Waals surface area contributed by atoms with Gasteiger partial charge in [0.1, 0.15) is 6.04 Å². The quantitative estimate of drug-likeness (QED) is 0.890. The van der Waals surface area contributed by atoms with Gasteiger partial charge in [-0.3, -0.25) is 4.79 Å². The minimum atomic E-state index is -0.956. The number of hydrogen-bond donors (Lipinski definition) is 2. The molecule has 2 atom stereocenters. The predicted octanol–water partition coefficient (Wildman–Crippen LogP) is 2.38. The SMILES string of the molecule is O=C(C[NH+]1CCC[C@H]1c1cccs1)Nc1ccc(F)c(F)c1. The minimum absolute atomic E-state index is 0.176. The number of quaternary nitrogens is 1. The number of halogens is 2. The standard InChI is InChI=1S/C16H16F2N2OS/c17-12-6-5-11(9-13(12)18)19-16(21)10-20-7-1-3-14(20)15-4-2-8-22-15/h2,4-6,8-9,14H,1,3,7,10H2,(H,19,21)/p+1/t14-/m0/s1. The summed E-state index contributed by atoms with van der Waals surface area (Å²) in [5.41, 5.74) is 0.287. The molecule has 6 heteroatoms. The average molecular weight is 323 g/mol. The van der Waals surface area contributed by atoms with Crippen molar-refractivity contribution >= 4 is 22.9 Å². The summed E-state index contributed by atoms with van der Waals surface area (Å²) in [6.07, 6.45) is 2.17. The van der Waals surface area contributed by atoms with Crippen LogP contribution in [0.5, 0.6) is 0 Å². The summed E-state index contributed by atoms with van der Waals surface area (Å²) in [4.78, 5) is 14.7. The molecule has 3 rings (SSSR count). The second-order valence-corrected chi connectivity index (χ2v) is 6.45. The van der Waals surface area contributed by atoms with Gasteiger partial charge in [0.25, 0.3) is 5.91 Å². The number of amides is 1. The van der Waals surface area contributed by atoms with Crippen molar-refractivity contribution in [2.45, 2.75) is 18.9 Å². The topological polar surface area (TPSA) is 33.5 Å². The van der Waals surface area contributed by atoms with Crippen molar-refractivity contribution in [2.24, 2.45) is 0 Å². The smallest absolute Gasteiger partial charge is 0.279 e. The molecule has 0 radical (unpaired) electrons. The molecule has 1 aromatic carbocycles. The Labute approximate surface area is 131 Å². The van der Waals surface area contributed by atoms with Gasteiger partial charge in [0.15, 0.2) is 18.2 Å². The lowest BCUT2D eigenvalue weighted by Crippen LogP contribution is -3.11. The summed E-state index contributed by atoms with van der Waals surface area (Å²) in [6.45, 7) is 1.29. The number of rotatable bonds is 4. The molecule has 2 aromatic rings. The zero-order valence-corrected chi connectivity index (χ0v) is 12.8. The van der Waals surface area contributed by atoms with Gasteiger partial charge in [-0.25, -0.2) is 8.78 Å². The van der Waals surface area contributed by atoms with Crippen LogP contribution in [-0.2, 0) is 4.79 Å². The van der Waals surface area contributed by atoms with Crippen molar-refractivity contribution in [1.82, 2.24) is 0 Å². The number of anilines is 1. The van der Waals surface area contributed by atoms with E-state index in [1.54, 1.807) is 11.3 Å². The zero-order valence-electron chi connectivity index (χ0n) is 11.9. The van der Waals surface area contributed by atoms with Crippen LogP contribution in [0.1, 0.15) is 23.8 Å². The Balaban J connectivity index is 1.62.